The van der Waals surface area contributed by atoms with Crippen LogP contribution in [0.1, 0.15) is 35.5 Å². The van der Waals surface area contributed by atoms with Crippen molar-refractivity contribution in [3.63, 3.8) is 0 Å². The van der Waals surface area contributed by atoms with Crippen LogP contribution in [0.3, 0.4) is 0 Å². The normalized spacial score (nSPS) is 29.8. The number of oxazole rings is 1. The fraction of sp³-hybridized carbons (Fsp3) is 0.714. The van der Waals surface area contributed by atoms with E-state index in [1.165, 1.54) is 0 Å². The average Bonchev–Trinajstić information content (AvgIpc) is 3.01. The lowest BCUT2D eigenvalue weighted by molar-refractivity contribution is 0.0677. The maximum Gasteiger partial charge on any atom is 0.291 e. The Bertz CT molecular complexity index is 497. The minimum atomic E-state index is 0.0133. The zero-order valence-corrected chi connectivity index (χ0v) is 11.8. The summed E-state index contributed by atoms with van der Waals surface area (Å²) in [4.78, 5) is 18.9. The molecule has 0 spiro atoms. The maximum absolute atomic E-state index is 12.7. The Morgan fingerprint density at radius 3 is 2.89 bits per heavy atom. The highest BCUT2D eigenvalue weighted by molar-refractivity contribution is 5.93. The van der Waals surface area contributed by atoms with Crippen LogP contribution in [0.4, 0.5) is 0 Å². The van der Waals surface area contributed by atoms with Gasteiger partial charge >= 0.3 is 0 Å². The highest BCUT2D eigenvalue weighted by Crippen LogP contribution is 2.35. The van der Waals surface area contributed by atoms with Gasteiger partial charge in [-0.15, -0.1) is 0 Å². The van der Waals surface area contributed by atoms with Crippen molar-refractivity contribution in [1.29, 1.82) is 0 Å². The number of rotatable bonds is 2. The van der Waals surface area contributed by atoms with Gasteiger partial charge in [0.25, 0.3) is 5.91 Å². The van der Waals surface area contributed by atoms with E-state index >= 15 is 0 Å². The van der Waals surface area contributed by atoms with E-state index < -0.39 is 0 Å². The summed E-state index contributed by atoms with van der Waals surface area (Å²) in [6.45, 7) is 8.67. The summed E-state index contributed by atoms with van der Waals surface area (Å²) in [5.41, 5.74) is 0.701. The van der Waals surface area contributed by atoms with Gasteiger partial charge in [-0.25, -0.2) is 4.98 Å². The first kappa shape index (κ1) is 12.7. The quantitative estimate of drug-likeness (QED) is 0.875. The van der Waals surface area contributed by atoms with Crippen molar-refractivity contribution in [1.82, 2.24) is 15.2 Å². The molecule has 1 aromatic rings. The number of aromatic nitrogens is 1. The molecule has 1 aromatic heterocycles. The van der Waals surface area contributed by atoms with E-state index in [0.717, 1.165) is 26.1 Å². The van der Waals surface area contributed by atoms with Gasteiger partial charge in [0.2, 0.25) is 5.76 Å². The summed E-state index contributed by atoms with van der Waals surface area (Å²) in [6, 6.07) is 0.331. The van der Waals surface area contributed by atoms with Gasteiger partial charge in [-0.1, -0.05) is 6.92 Å². The highest BCUT2D eigenvalue weighted by atomic mass is 16.4. The number of nitrogens with zero attached hydrogens (tertiary/aromatic N) is 2. The molecule has 104 valence electrons. The van der Waals surface area contributed by atoms with Crippen LogP contribution in [0.5, 0.6) is 0 Å². The van der Waals surface area contributed by atoms with Gasteiger partial charge in [0.15, 0.2) is 5.89 Å². The Hall–Kier alpha value is -1.36. The molecule has 3 heterocycles. The van der Waals surface area contributed by atoms with Crippen molar-refractivity contribution in [2.75, 3.05) is 19.6 Å². The van der Waals surface area contributed by atoms with Crippen LogP contribution < -0.4 is 5.32 Å². The van der Waals surface area contributed by atoms with Crippen LogP contribution >= 0.6 is 0 Å². The summed E-state index contributed by atoms with van der Waals surface area (Å²) in [7, 11) is 0. The van der Waals surface area contributed by atoms with Crippen LogP contribution in [0.25, 0.3) is 0 Å². The molecule has 0 saturated carbocycles. The molecule has 2 fully saturated rings. The Morgan fingerprint density at radius 1 is 1.47 bits per heavy atom. The molecule has 0 aliphatic carbocycles. The molecule has 2 aliphatic heterocycles. The van der Waals surface area contributed by atoms with E-state index in [-0.39, 0.29) is 5.91 Å². The van der Waals surface area contributed by atoms with Gasteiger partial charge in [0.05, 0.1) is 5.69 Å². The van der Waals surface area contributed by atoms with E-state index in [1.54, 1.807) is 6.92 Å². The standard InChI is InChI=1S/C14H21N3O2/c1-4-12-11-6-15-5-10(11)7-17(12)14(18)13-8(2)16-9(3)19-13/h10-12,15H,4-7H2,1-3H3. The van der Waals surface area contributed by atoms with E-state index in [9.17, 15) is 4.79 Å². The van der Waals surface area contributed by atoms with Gasteiger partial charge in [0.1, 0.15) is 0 Å². The summed E-state index contributed by atoms with van der Waals surface area (Å²) < 4.78 is 5.49. The second-order valence-corrected chi connectivity index (χ2v) is 5.66. The molecule has 5 nitrogen and oxygen atoms in total. The third kappa shape index (κ3) is 1.96. The van der Waals surface area contributed by atoms with Crippen LogP contribution in [0.15, 0.2) is 4.42 Å². The molecule has 0 bridgehead atoms. The molecule has 3 rings (SSSR count). The minimum Gasteiger partial charge on any atom is -0.436 e. The summed E-state index contributed by atoms with van der Waals surface area (Å²) in [5.74, 6) is 2.19. The zero-order chi connectivity index (χ0) is 13.6. The molecule has 3 unspecified atom stereocenters. The number of likely N-dealkylation sites (tertiary alicyclic amines) is 1. The molecule has 5 heteroatoms. The first-order valence-corrected chi connectivity index (χ1v) is 7.07. The predicted molar refractivity (Wildman–Crippen MR) is 70.9 cm³/mol. The predicted octanol–water partition coefficient (Wildman–Crippen LogP) is 1.36. The average molecular weight is 263 g/mol. The lowest BCUT2D eigenvalue weighted by Gasteiger charge is -2.26. The molecule has 1 amide bonds. The molecular formula is C14H21N3O2. The molecule has 2 saturated heterocycles. The molecular weight excluding hydrogens is 242 g/mol. The number of carbonyl (C=O) groups excluding carboxylic acids is 1. The number of aryl methyl sites for hydroxylation is 2. The third-order valence-corrected chi connectivity index (χ3v) is 4.49. The maximum atomic E-state index is 12.7. The number of hydrogen-bond donors (Lipinski definition) is 1. The summed E-state index contributed by atoms with van der Waals surface area (Å²) in [6.07, 6.45) is 1.00. The lowest BCUT2D eigenvalue weighted by Crippen LogP contribution is -2.39. The smallest absolute Gasteiger partial charge is 0.291 e. The number of carbonyl (C=O) groups is 1. The zero-order valence-electron chi connectivity index (χ0n) is 11.8. The third-order valence-electron chi connectivity index (χ3n) is 4.49. The van der Waals surface area contributed by atoms with Crippen molar-refractivity contribution in [2.45, 2.75) is 33.2 Å². The molecule has 0 aromatic carbocycles. The molecule has 19 heavy (non-hydrogen) atoms. The highest BCUT2D eigenvalue weighted by Gasteiger charge is 2.46. The van der Waals surface area contributed by atoms with Crippen LogP contribution in [0, 0.1) is 25.7 Å². The SMILES string of the molecule is CCC1C2CNCC2CN1C(=O)c1oc(C)nc1C. The second-order valence-electron chi connectivity index (χ2n) is 5.66. The summed E-state index contributed by atoms with van der Waals surface area (Å²) >= 11 is 0. The van der Waals surface area contributed by atoms with E-state index in [2.05, 4.69) is 17.2 Å². The lowest BCUT2D eigenvalue weighted by atomic mass is 9.93. The van der Waals surface area contributed by atoms with Crippen molar-refractivity contribution < 1.29 is 9.21 Å². The molecule has 1 N–H and O–H groups in total. The van der Waals surface area contributed by atoms with Crippen LogP contribution in [-0.4, -0.2) is 41.5 Å². The van der Waals surface area contributed by atoms with Crippen molar-refractivity contribution >= 4 is 5.91 Å². The topological polar surface area (TPSA) is 58.4 Å². The summed E-state index contributed by atoms with van der Waals surface area (Å²) in [5, 5.41) is 3.43. The van der Waals surface area contributed by atoms with Gasteiger partial charge in [-0.3, -0.25) is 4.79 Å². The number of fused-ring (bicyclic) bond motifs is 1. The minimum absolute atomic E-state index is 0.0133. The van der Waals surface area contributed by atoms with Crippen molar-refractivity contribution in [3.8, 4) is 0 Å². The first-order valence-electron chi connectivity index (χ1n) is 7.07. The number of nitrogens with one attached hydrogen (secondary N) is 1. The largest absolute Gasteiger partial charge is 0.436 e. The Morgan fingerprint density at radius 2 is 2.26 bits per heavy atom. The molecule has 0 radical (unpaired) electrons. The fourth-order valence-corrected chi connectivity index (χ4v) is 3.64. The Kier molecular flexibility index (Phi) is 3.09. The van der Waals surface area contributed by atoms with Gasteiger partial charge in [-0.2, -0.15) is 0 Å². The van der Waals surface area contributed by atoms with E-state index in [4.69, 9.17) is 4.42 Å². The molecule has 2 aliphatic rings. The number of hydrogen-bond acceptors (Lipinski definition) is 4. The van der Waals surface area contributed by atoms with Gasteiger partial charge < -0.3 is 14.6 Å². The van der Waals surface area contributed by atoms with E-state index in [0.29, 0.717) is 35.2 Å². The Labute approximate surface area is 113 Å². The van der Waals surface area contributed by atoms with Gasteiger partial charge in [0, 0.05) is 32.6 Å². The fourth-order valence-electron chi connectivity index (χ4n) is 3.64. The van der Waals surface area contributed by atoms with Crippen molar-refractivity contribution in [2.24, 2.45) is 11.8 Å². The number of amides is 1. The first-order chi connectivity index (χ1) is 9.11. The van der Waals surface area contributed by atoms with Gasteiger partial charge in [-0.05, 0) is 25.2 Å². The van der Waals surface area contributed by atoms with Crippen LogP contribution in [0.2, 0.25) is 0 Å². The van der Waals surface area contributed by atoms with Crippen molar-refractivity contribution in [3.05, 3.63) is 17.3 Å². The second kappa shape index (κ2) is 4.63. The molecule has 3 atom stereocenters. The monoisotopic (exact) mass is 263 g/mol. The van der Waals surface area contributed by atoms with E-state index in [1.807, 2.05) is 11.8 Å². The van der Waals surface area contributed by atoms with Crippen LogP contribution in [-0.2, 0) is 0 Å². The Balaban J connectivity index is 1.85.